The zero-order valence-corrected chi connectivity index (χ0v) is 17.7. The average Bonchev–Trinajstić information content (AvgIpc) is 3.34. The van der Waals surface area contributed by atoms with Crippen molar-refractivity contribution in [1.29, 1.82) is 5.26 Å². The minimum absolute atomic E-state index is 0.0423. The van der Waals surface area contributed by atoms with Crippen LogP contribution in [-0.2, 0) is 6.54 Å². The zero-order valence-electron chi connectivity index (χ0n) is 17.7. The Hall–Kier alpha value is -2.59. The molecule has 7 nitrogen and oxygen atoms in total. The molecule has 1 aliphatic carbocycles. The number of amides is 1. The highest BCUT2D eigenvalue weighted by atomic mass is 16.4. The van der Waals surface area contributed by atoms with Crippen molar-refractivity contribution in [2.75, 3.05) is 26.2 Å². The number of imidazole rings is 1. The van der Waals surface area contributed by atoms with Gasteiger partial charge >= 0.3 is 6.09 Å². The van der Waals surface area contributed by atoms with E-state index < -0.39 is 6.09 Å². The topological polar surface area (TPSA) is 94.2 Å². The second-order valence-corrected chi connectivity index (χ2v) is 9.51. The van der Waals surface area contributed by atoms with Crippen molar-refractivity contribution >= 4 is 17.1 Å². The molecule has 7 heteroatoms. The Labute approximate surface area is 177 Å². The van der Waals surface area contributed by atoms with Crippen molar-refractivity contribution in [2.45, 2.75) is 45.6 Å². The molecular formula is C23H31N5O2. The third kappa shape index (κ3) is 4.59. The molecule has 1 amide bonds. The number of nitriles is 1. The number of hydrogen-bond donors (Lipinski definition) is 2. The maximum absolute atomic E-state index is 11.9. The highest BCUT2D eigenvalue weighted by Gasteiger charge is 2.34. The van der Waals surface area contributed by atoms with Crippen LogP contribution < -0.4 is 5.32 Å². The first kappa shape index (κ1) is 20.7. The molecule has 160 valence electrons. The summed E-state index contributed by atoms with van der Waals surface area (Å²) < 4.78 is 2.16. The van der Waals surface area contributed by atoms with Crippen LogP contribution in [0.2, 0.25) is 0 Å². The van der Waals surface area contributed by atoms with E-state index in [-0.39, 0.29) is 5.41 Å². The van der Waals surface area contributed by atoms with E-state index in [4.69, 9.17) is 0 Å². The Morgan fingerprint density at radius 3 is 3.00 bits per heavy atom. The molecular weight excluding hydrogens is 378 g/mol. The predicted octanol–water partition coefficient (Wildman–Crippen LogP) is 3.69. The first-order valence-corrected chi connectivity index (χ1v) is 11.0. The first-order chi connectivity index (χ1) is 14.5. The van der Waals surface area contributed by atoms with Gasteiger partial charge in [-0.3, -0.25) is 0 Å². The maximum atomic E-state index is 11.9. The van der Waals surface area contributed by atoms with Crippen molar-refractivity contribution in [1.82, 2.24) is 19.8 Å². The average molecular weight is 410 g/mol. The molecule has 2 aromatic rings. The molecule has 2 unspecified atom stereocenters. The summed E-state index contributed by atoms with van der Waals surface area (Å²) in [7, 11) is 0. The van der Waals surface area contributed by atoms with Crippen LogP contribution in [0.25, 0.3) is 11.0 Å². The summed E-state index contributed by atoms with van der Waals surface area (Å²) in [6, 6.07) is 7.82. The van der Waals surface area contributed by atoms with Gasteiger partial charge in [0.1, 0.15) is 0 Å². The number of benzene rings is 1. The molecule has 30 heavy (non-hydrogen) atoms. The van der Waals surface area contributed by atoms with Crippen LogP contribution >= 0.6 is 0 Å². The summed E-state index contributed by atoms with van der Waals surface area (Å²) in [5, 5.41) is 22.3. The van der Waals surface area contributed by atoms with Gasteiger partial charge in [0.05, 0.1) is 29.0 Å². The fourth-order valence-electron chi connectivity index (χ4n) is 5.27. The molecule has 1 saturated heterocycles. The van der Waals surface area contributed by atoms with Crippen molar-refractivity contribution in [3.8, 4) is 6.07 Å². The van der Waals surface area contributed by atoms with Crippen LogP contribution in [0.3, 0.4) is 0 Å². The van der Waals surface area contributed by atoms with Gasteiger partial charge in [0.25, 0.3) is 0 Å². The van der Waals surface area contributed by atoms with Crippen molar-refractivity contribution in [2.24, 2.45) is 17.3 Å². The summed E-state index contributed by atoms with van der Waals surface area (Å²) in [4.78, 5) is 18.1. The van der Waals surface area contributed by atoms with E-state index in [1.54, 1.807) is 11.0 Å². The van der Waals surface area contributed by atoms with Crippen LogP contribution in [-0.4, -0.2) is 51.8 Å². The van der Waals surface area contributed by atoms with E-state index in [2.05, 4.69) is 27.9 Å². The Morgan fingerprint density at radius 1 is 1.43 bits per heavy atom. The second-order valence-electron chi connectivity index (χ2n) is 9.51. The Morgan fingerprint density at radius 2 is 2.27 bits per heavy atom. The van der Waals surface area contributed by atoms with Crippen LogP contribution in [0.15, 0.2) is 24.5 Å². The minimum Gasteiger partial charge on any atom is -0.465 e. The van der Waals surface area contributed by atoms with Gasteiger partial charge in [-0.1, -0.05) is 13.3 Å². The van der Waals surface area contributed by atoms with Gasteiger partial charge in [-0.05, 0) is 67.7 Å². The second kappa shape index (κ2) is 8.65. The summed E-state index contributed by atoms with van der Waals surface area (Å²) in [5.74, 6) is 0.911. The van der Waals surface area contributed by atoms with Gasteiger partial charge < -0.3 is 19.9 Å². The lowest BCUT2D eigenvalue weighted by Crippen LogP contribution is -2.43. The maximum Gasteiger partial charge on any atom is 0.407 e. The van der Waals surface area contributed by atoms with Gasteiger partial charge in [-0.2, -0.15) is 5.26 Å². The molecule has 0 spiro atoms. The number of fused-ring (bicyclic) bond motifs is 1. The van der Waals surface area contributed by atoms with Gasteiger partial charge in [0, 0.05) is 26.2 Å². The van der Waals surface area contributed by atoms with Crippen molar-refractivity contribution in [3.63, 3.8) is 0 Å². The van der Waals surface area contributed by atoms with Gasteiger partial charge in [-0.25, -0.2) is 9.78 Å². The van der Waals surface area contributed by atoms with E-state index in [1.807, 2.05) is 18.5 Å². The number of carbonyl (C=O) groups is 1. The molecule has 3 atom stereocenters. The largest absolute Gasteiger partial charge is 0.465 e. The van der Waals surface area contributed by atoms with E-state index in [0.29, 0.717) is 30.5 Å². The molecule has 1 aromatic carbocycles. The van der Waals surface area contributed by atoms with Crippen molar-refractivity contribution < 1.29 is 9.90 Å². The van der Waals surface area contributed by atoms with E-state index in [0.717, 1.165) is 62.8 Å². The van der Waals surface area contributed by atoms with E-state index >= 15 is 0 Å². The van der Waals surface area contributed by atoms with Gasteiger partial charge in [0.15, 0.2) is 0 Å². The third-order valence-corrected chi connectivity index (χ3v) is 6.88. The van der Waals surface area contributed by atoms with Crippen molar-refractivity contribution in [3.05, 3.63) is 30.1 Å². The molecule has 4 rings (SSSR count). The van der Waals surface area contributed by atoms with Crippen LogP contribution in [0.5, 0.6) is 0 Å². The standard InChI is InChI=1S/C23H31N5O2/c1-23(7-8-25-14-23)15-27(22(29)30)12-18-3-2-4-19(9-18)13-28-16-26-20-6-5-17(11-24)10-21(20)28/h5-6,10,16,18-19,25H,2-4,7-9,12-15H2,1H3,(H,29,30)/t18?,19-,23?/m0/s1. The fraction of sp³-hybridized carbons (Fsp3) is 0.609. The lowest BCUT2D eigenvalue weighted by molar-refractivity contribution is 0.101. The number of nitrogens with one attached hydrogen (secondary N) is 1. The third-order valence-electron chi connectivity index (χ3n) is 6.88. The number of hydrogen-bond acceptors (Lipinski definition) is 4. The van der Waals surface area contributed by atoms with Gasteiger partial charge in [-0.15, -0.1) is 0 Å². The minimum atomic E-state index is -0.796. The van der Waals surface area contributed by atoms with E-state index in [1.165, 1.54) is 0 Å². The summed E-state index contributed by atoms with van der Waals surface area (Å²) in [5.41, 5.74) is 2.61. The zero-order chi connectivity index (χ0) is 21.1. The normalized spacial score (nSPS) is 26.5. The Bertz CT molecular complexity index is 941. The number of aromatic nitrogens is 2. The van der Waals surface area contributed by atoms with Gasteiger partial charge in [0.2, 0.25) is 0 Å². The molecule has 2 heterocycles. The molecule has 2 N–H and O–H groups in total. The first-order valence-electron chi connectivity index (χ1n) is 11.0. The summed E-state index contributed by atoms with van der Waals surface area (Å²) >= 11 is 0. The van der Waals surface area contributed by atoms with Crippen LogP contribution in [0.4, 0.5) is 4.79 Å². The highest BCUT2D eigenvalue weighted by molar-refractivity contribution is 5.76. The number of nitrogens with zero attached hydrogens (tertiary/aromatic N) is 4. The fourth-order valence-corrected chi connectivity index (χ4v) is 5.27. The van der Waals surface area contributed by atoms with Crippen LogP contribution in [0.1, 0.15) is 44.6 Å². The predicted molar refractivity (Wildman–Crippen MR) is 115 cm³/mol. The lowest BCUT2D eigenvalue weighted by Gasteiger charge is -2.35. The molecule has 1 saturated carbocycles. The molecule has 2 fully saturated rings. The SMILES string of the molecule is CC1(CN(CC2CCC[C@H](Cn3cnc4ccc(C#N)cc43)C2)C(=O)O)CCNC1. The smallest absolute Gasteiger partial charge is 0.407 e. The Kier molecular flexibility index (Phi) is 5.96. The molecule has 1 aromatic heterocycles. The van der Waals surface area contributed by atoms with E-state index in [9.17, 15) is 15.2 Å². The number of carboxylic acid groups (broad SMARTS) is 1. The number of rotatable bonds is 6. The molecule has 0 bridgehead atoms. The summed E-state index contributed by atoms with van der Waals surface area (Å²) in [6.07, 6.45) is 6.53. The molecule has 0 radical (unpaired) electrons. The summed E-state index contributed by atoms with van der Waals surface area (Å²) in [6.45, 7) is 6.16. The quantitative estimate of drug-likeness (QED) is 0.759. The van der Waals surface area contributed by atoms with Crippen LogP contribution in [0, 0.1) is 28.6 Å². The molecule has 1 aliphatic heterocycles. The highest BCUT2D eigenvalue weighted by Crippen LogP contribution is 2.33. The monoisotopic (exact) mass is 409 g/mol. The Balaban J connectivity index is 1.40. The lowest BCUT2D eigenvalue weighted by atomic mass is 9.80. The molecule has 2 aliphatic rings.